The Morgan fingerprint density at radius 1 is 1.31 bits per heavy atom. The third-order valence-electron chi connectivity index (χ3n) is 3.09. The molecule has 0 radical (unpaired) electrons. The largest absolute Gasteiger partial charge is 0.388 e. The summed E-state index contributed by atoms with van der Waals surface area (Å²) < 4.78 is 0. The van der Waals surface area contributed by atoms with E-state index in [4.69, 9.17) is 0 Å². The van der Waals surface area contributed by atoms with Crippen LogP contribution in [-0.4, -0.2) is 37.3 Å². The summed E-state index contributed by atoms with van der Waals surface area (Å²) in [7, 11) is 4.18. The fourth-order valence-electron chi connectivity index (χ4n) is 2.02. The van der Waals surface area contributed by atoms with Gasteiger partial charge in [0.05, 0.1) is 0 Å². The molecule has 2 rings (SSSR count). The van der Waals surface area contributed by atoms with Crippen molar-refractivity contribution in [1.82, 2.24) is 4.90 Å². The van der Waals surface area contributed by atoms with Crippen molar-refractivity contribution in [2.24, 2.45) is 0 Å². The van der Waals surface area contributed by atoms with Gasteiger partial charge in [-0.1, -0.05) is 6.07 Å². The first-order valence-electron chi connectivity index (χ1n) is 5.91. The second-order valence-corrected chi connectivity index (χ2v) is 5.77. The molecule has 0 amide bonds. The van der Waals surface area contributed by atoms with Crippen LogP contribution in [0.25, 0.3) is 0 Å². The quantitative estimate of drug-likeness (QED) is 0.868. The Morgan fingerprint density at radius 3 is 2.75 bits per heavy atom. The fraction of sp³-hybridized carbons (Fsp3) is 0.538. The maximum absolute atomic E-state index is 3.19. The number of hydrogen-bond acceptors (Lipinski definition) is 3. The molecule has 1 aliphatic rings. The van der Waals surface area contributed by atoms with E-state index in [-0.39, 0.29) is 0 Å². The number of benzene rings is 1. The summed E-state index contributed by atoms with van der Waals surface area (Å²) in [5.41, 5.74) is 1.21. The highest BCUT2D eigenvalue weighted by Gasteiger charge is 2.17. The molecule has 0 aromatic heterocycles. The normalized spacial score (nSPS) is 18.6. The summed E-state index contributed by atoms with van der Waals surface area (Å²) in [5, 5.41) is 3.98. The van der Waals surface area contributed by atoms with Crippen LogP contribution < -0.4 is 5.32 Å². The number of hydrogen-bond donors (Lipinski definition) is 1. The Kier molecular flexibility index (Phi) is 4.13. The lowest BCUT2D eigenvalue weighted by atomic mass is 10.1. The topological polar surface area (TPSA) is 15.3 Å². The number of piperidine rings is 1. The van der Waals surface area contributed by atoms with Gasteiger partial charge in [0, 0.05) is 22.9 Å². The molecule has 1 aliphatic heterocycles. The van der Waals surface area contributed by atoms with E-state index in [1.165, 1.54) is 36.5 Å². The van der Waals surface area contributed by atoms with Crippen molar-refractivity contribution in [3.8, 4) is 0 Å². The molecule has 1 aromatic rings. The number of rotatable bonds is 3. The predicted molar refractivity (Wildman–Crippen MR) is 72.4 cm³/mol. The molecule has 0 aliphatic carbocycles. The highest BCUT2D eigenvalue weighted by molar-refractivity contribution is 8.00. The lowest BCUT2D eigenvalue weighted by Gasteiger charge is -2.28. The molecule has 3 heteroatoms. The van der Waals surface area contributed by atoms with Crippen LogP contribution in [0, 0.1) is 0 Å². The van der Waals surface area contributed by atoms with Crippen molar-refractivity contribution in [3.05, 3.63) is 24.3 Å². The van der Waals surface area contributed by atoms with Crippen molar-refractivity contribution in [3.63, 3.8) is 0 Å². The van der Waals surface area contributed by atoms with E-state index in [9.17, 15) is 0 Å². The Balaban J connectivity index is 1.93. The lowest BCUT2D eigenvalue weighted by molar-refractivity contribution is 0.282. The van der Waals surface area contributed by atoms with Crippen molar-refractivity contribution in [1.29, 1.82) is 0 Å². The molecular formula is C13H20N2S. The minimum absolute atomic E-state index is 0.795. The Bertz CT molecular complexity index is 332. The zero-order valence-electron chi connectivity index (χ0n) is 10.1. The van der Waals surface area contributed by atoms with Crippen molar-refractivity contribution in [2.75, 3.05) is 32.5 Å². The second kappa shape index (κ2) is 5.60. The molecule has 1 N–H and O–H groups in total. The third kappa shape index (κ3) is 3.16. The summed E-state index contributed by atoms with van der Waals surface area (Å²) in [6.45, 7) is 2.48. The van der Waals surface area contributed by atoms with Crippen LogP contribution in [0.4, 0.5) is 5.69 Å². The van der Waals surface area contributed by atoms with E-state index < -0.39 is 0 Å². The third-order valence-corrected chi connectivity index (χ3v) is 4.42. The molecule has 0 atom stereocenters. The monoisotopic (exact) mass is 236 g/mol. The fourth-order valence-corrected chi connectivity index (χ4v) is 3.20. The van der Waals surface area contributed by atoms with Gasteiger partial charge in [0.25, 0.3) is 0 Å². The zero-order valence-corrected chi connectivity index (χ0v) is 10.9. The van der Waals surface area contributed by atoms with E-state index in [1.54, 1.807) is 0 Å². The molecule has 1 fully saturated rings. The van der Waals surface area contributed by atoms with E-state index in [2.05, 4.69) is 41.5 Å². The average molecular weight is 236 g/mol. The van der Waals surface area contributed by atoms with Crippen LogP contribution in [0.3, 0.4) is 0 Å². The minimum Gasteiger partial charge on any atom is -0.388 e. The van der Waals surface area contributed by atoms with Gasteiger partial charge in [0.15, 0.2) is 0 Å². The first-order chi connectivity index (χ1) is 7.78. The molecule has 0 spiro atoms. The molecule has 1 heterocycles. The number of likely N-dealkylation sites (tertiary alicyclic amines) is 1. The van der Waals surface area contributed by atoms with Crippen molar-refractivity contribution < 1.29 is 0 Å². The van der Waals surface area contributed by atoms with Gasteiger partial charge >= 0.3 is 0 Å². The van der Waals surface area contributed by atoms with Gasteiger partial charge in [0.2, 0.25) is 0 Å². The smallest absolute Gasteiger partial charge is 0.0348 e. The first kappa shape index (κ1) is 11.8. The van der Waals surface area contributed by atoms with Crippen LogP contribution in [-0.2, 0) is 0 Å². The molecule has 1 saturated heterocycles. The Morgan fingerprint density at radius 2 is 2.06 bits per heavy atom. The molecule has 16 heavy (non-hydrogen) atoms. The lowest BCUT2D eigenvalue weighted by Crippen LogP contribution is -2.31. The average Bonchev–Trinajstić information content (AvgIpc) is 2.32. The Hall–Kier alpha value is -0.670. The van der Waals surface area contributed by atoms with Gasteiger partial charge in [0.1, 0.15) is 0 Å². The second-order valence-electron chi connectivity index (χ2n) is 4.40. The van der Waals surface area contributed by atoms with Crippen LogP contribution in [0.2, 0.25) is 0 Å². The summed E-state index contributed by atoms with van der Waals surface area (Å²) >= 11 is 2.03. The van der Waals surface area contributed by atoms with E-state index in [0.29, 0.717) is 0 Å². The van der Waals surface area contributed by atoms with E-state index in [1.807, 2.05) is 18.8 Å². The maximum Gasteiger partial charge on any atom is 0.0348 e. The molecule has 2 nitrogen and oxygen atoms in total. The Labute approximate surface area is 102 Å². The number of anilines is 1. The highest BCUT2D eigenvalue weighted by atomic mass is 32.2. The SMILES string of the molecule is CNc1cccc(SC2CCN(C)CC2)c1. The highest BCUT2D eigenvalue weighted by Crippen LogP contribution is 2.31. The first-order valence-corrected chi connectivity index (χ1v) is 6.79. The van der Waals surface area contributed by atoms with Gasteiger partial charge in [-0.25, -0.2) is 0 Å². The van der Waals surface area contributed by atoms with Gasteiger partial charge in [-0.3, -0.25) is 0 Å². The predicted octanol–water partition coefficient (Wildman–Crippen LogP) is 2.91. The summed E-state index contributed by atoms with van der Waals surface area (Å²) in [5.74, 6) is 0. The summed E-state index contributed by atoms with van der Waals surface area (Å²) in [6, 6.07) is 8.69. The maximum atomic E-state index is 3.19. The van der Waals surface area contributed by atoms with Crippen LogP contribution in [0.15, 0.2) is 29.2 Å². The summed E-state index contributed by atoms with van der Waals surface area (Å²) in [4.78, 5) is 3.81. The molecule has 0 unspecified atom stereocenters. The number of nitrogens with zero attached hydrogens (tertiary/aromatic N) is 1. The van der Waals surface area contributed by atoms with Gasteiger partial charge < -0.3 is 10.2 Å². The molecule has 1 aromatic carbocycles. The molecular weight excluding hydrogens is 216 g/mol. The molecule has 0 saturated carbocycles. The van der Waals surface area contributed by atoms with Crippen LogP contribution >= 0.6 is 11.8 Å². The molecule has 88 valence electrons. The summed E-state index contributed by atoms with van der Waals surface area (Å²) in [6.07, 6.45) is 2.62. The molecule has 0 bridgehead atoms. The number of nitrogens with one attached hydrogen (secondary N) is 1. The van der Waals surface area contributed by atoms with Crippen molar-refractivity contribution >= 4 is 17.4 Å². The zero-order chi connectivity index (χ0) is 11.4. The number of thioether (sulfide) groups is 1. The minimum atomic E-state index is 0.795. The van der Waals surface area contributed by atoms with Gasteiger partial charge in [-0.15, -0.1) is 11.8 Å². The van der Waals surface area contributed by atoms with E-state index in [0.717, 1.165) is 5.25 Å². The standard InChI is InChI=1S/C13H20N2S/c1-14-11-4-3-5-13(10-11)16-12-6-8-15(2)9-7-12/h3-5,10,12,14H,6-9H2,1-2H3. The van der Waals surface area contributed by atoms with Crippen LogP contribution in [0.1, 0.15) is 12.8 Å². The van der Waals surface area contributed by atoms with Crippen LogP contribution in [0.5, 0.6) is 0 Å². The van der Waals surface area contributed by atoms with Gasteiger partial charge in [-0.05, 0) is 51.2 Å². The van der Waals surface area contributed by atoms with E-state index >= 15 is 0 Å². The van der Waals surface area contributed by atoms with Crippen molar-refractivity contribution in [2.45, 2.75) is 23.0 Å². The van der Waals surface area contributed by atoms with Gasteiger partial charge in [-0.2, -0.15) is 0 Å².